The van der Waals surface area contributed by atoms with E-state index in [0.29, 0.717) is 5.92 Å². The Labute approximate surface area is 134 Å². The van der Waals surface area contributed by atoms with Crippen LogP contribution in [0.25, 0.3) is 0 Å². The van der Waals surface area contributed by atoms with Crippen molar-refractivity contribution in [1.29, 1.82) is 0 Å². The number of rotatable bonds is 5. The topological polar surface area (TPSA) is 64.6 Å². The van der Waals surface area contributed by atoms with Gasteiger partial charge in [0.05, 0.1) is 5.60 Å². The average molecular weight is 311 g/mol. The number of likely N-dealkylation sites (N-methyl/N-ethyl adjacent to an activating group) is 1. The van der Waals surface area contributed by atoms with Crippen LogP contribution in [0.3, 0.4) is 0 Å². The maximum absolute atomic E-state index is 12.4. The molecule has 0 spiro atoms. The number of aliphatic hydroxyl groups is 1. The molecule has 128 valence electrons. The van der Waals surface area contributed by atoms with Crippen molar-refractivity contribution in [1.82, 2.24) is 15.5 Å². The number of carbonyl (C=O) groups excluding carboxylic acids is 1. The highest BCUT2D eigenvalue weighted by molar-refractivity contribution is 5.74. The zero-order valence-corrected chi connectivity index (χ0v) is 14.2. The molecule has 1 saturated carbocycles. The molecule has 0 radical (unpaired) electrons. The Bertz CT molecular complexity index is 344. The minimum atomic E-state index is -0.480. The lowest BCUT2D eigenvalue weighted by molar-refractivity contribution is 0.00568. The van der Waals surface area contributed by atoms with Crippen molar-refractivity contribution >= 4 is 6.03 Å². The third-order valence-corrected chi connectivity index (χ3v) is 5.22. The highest BCUT2D eigenvalue weighted by Gasteiger charge is 2.30. The first-order valence-corrected chi connectivity index (χ1v) is 8.92. The Kier molecular flexibility index (Phi) is 6.50. The predicted molar refractivity (Wildman–Crippen MR) is 88.9 cm³/mol. The fourth-order valence-electron chi connectivity index (χ4n) is 3.74. The lowest BCUT2D eigenvalue weighted by Gasteiger charge is -2.35. The fraction of sp³-hybridized carbons (Fsp3) is 0.941. The van der Waals surface area contributed by atoms with Crippen molar-refractivity contribution < 1.29 is 9.90 Å². The molecule has 2 rings (SSSR count). The summed E-state index contributed by atoms with van der Waals surface area (Å²) >= 11 is 0. The summed E-state index contributed by atoms with van der Waals surface area (Å²) in [5, 5.41) is 16.5. The number of carbonyl (C=O) groups is 1. The lowest BCUT2D eigenvalue weighted by atomic mass is 9.77. The maximum atomic E-state index is 12.4. The molecule has 1 atom stereocenters. The molecule has 0 bridgehead atoms. The van der Waals surface area contributed by atoms with Crippen molar-refractivity contribution in [3.8, 4) is 0 Å². The van der Waals surface area contributed by atoms with Gasteiger partial charge in [-0.2, -0.15) is 0 Å². The van der Waals surface area contributed by atoms with E-state index in [1.165, 1.54) is 6.42 Å². The summed E-state index contributed by atoms with van der Waals surface area (Å²) in [7, 11) is 1.94. The van der Waals surface area contributed by atoms with E-state index in [1.54, 1.807) is 0 Å². The van der Waals surface area contributed by atoms with Gasteiger partial charge in [0, 0.05) is 25.7 Å². The Morgan fingerprint density at radius 1 is 1.27 bits per heavy atom. The fourth-order valence-corrected chi connectivity index (χ4v) is 3.74. The van der Waals surface area contributed by atoms with Crippen LogP contribution in [0.4, 0.5) is 4.79 Å². The van der Waals surface area contributed by atoms with Gasteiger partial charge in [-0.05, 0) is 71.3 Å². The monoisotopic (exact) mass is 311 g/mol. The van der Waals surface area contributed by atoms with Gasteiger partial charge in [-0.1, -0.05) is 0 Å². The zero-order chi connectivity index (χ0) is 16.0. The predicted octanol–water partition coefficient (Wildman–Crippen LogP) is 2.10. The van der Waals surface area contributed by atoms with Gasteiger partial charge in [0.2, 0.25) is 0 Å². The molecule has 0 unspecified atom stereocenters. The van der Waals surface area contributed by atoms with Gasteiger partial charge in [-0.25, -0.2) is 4.79 Å². The van der Waals surface area contributed by atoms with Crippen LogP contribution < -0.4 is 10.6 Å². The van der Waals surface area contributed by atoms with E-state index in [1.807, 2.05) is 18.9 Å². The molecule has 0 aromatic heterocycles. The first-order chi connectivity index (χ1) is 10.5. The molecule has 1 saturated heterocycles. The van der Waals surface area contributed by atoms with E-state index < -0.39 is 5.60 Å². The van der Waals surface area contributed by atoms with Crippen molar-refractivity contribution in [2.45, 2.75) is 69.9 Å². The number of piperidine rings is 1. The molecule has 0 aromatic carbocycles. The van der Waals surface area contributed by atoms with E-state index in [4.69, 9.17) is 0 Å². The second kappa shape index (κ2) is 8.16. The molecule has 3 N–H and O–H groups in total. The maximum Gasteiger partial charge on any atom is 0.317 e. The van der Waals surface area contributed by atoms with Crippen LogP contribution in [0.5, 0.6) is 0 Å². The smallest absolute Gasteiger partial charge is 0.317 e. The molecule has 1 aliphatic carbocycles. The molecule has 1 aliphatic heterocycles. The Morgan fingerprint density at radius 3 is 2.50 bits per heavy atom. The first-order valence-electron chi connectivity index (χ1n) is 8.92. The molecule has 2 amide bonds. The van der Waals surface area contributed by atoms with Crippen molar-refractivity contribution in [3.63, 3.8) is 0 Å². The quantitative estimate of drug-likeness (QED) is 0.728. The summed E-state index contributed by atoms with van der Waals surface area (Å²) in [5.74, 6) is 0.611. The number of likely N-dealkylation sites (tertiary alicyclic amines) is 1. The van der Waals surface area contributed by atoms with Gasteiger partial charge in [-0.15, -0.1) is 0 Å². The highest BCUT2D eigenvalue weighted by atomic mass is 16.3. The lowest BCUT2D eigenvalue weighted by Crippen LogP contribution is -2.50. The Morgan fingerprint density at radius 2 is 1.91 bits per heavy atom. The summed E-state index contributed by atoms with van der Waals surface area (Å²) in [6.45, 7) is 4.54. The van der Waals surface area contributed by atoms with Gasteiger partial charge in [0.1, 0.15) is 0 Å². The summed E-state index contributed by atoms with van der Waals surface area (Å²) in [6.07, 6.45) is 8.39. The normalized spacial score (nSPS) is 30.9. The molecule has 0 aromatic rings. The average Bonchev–Trinajstić information content (AvgIpc) is 2.50. The molecular weight excluding hydrogens is 278 g/mol. The standard InChI is InChI=1S/C17H33N3O2/c1-17(22)8-6-14(7-9-17)12-15(13-18-2)19-16(21)20-10-4-3-5-11-20/h14-15,18,22H,3-13H2,1-2H3,(H,19,21)/t14?,15-,17?/m0/s1. The molecule has 2 fully saturated rings. The van der Waals surface area contributed by atoms with Crippen LogP contribution >= 0.6 is 0 Å². The van der Waals surface area contributed by atoms with Crippen LogP contribution in [0.1, 0.15) is 58.3 Å². The second-order valence-electron chi connectivity index (χ2n) is 7.43. The minimum Gasteiger partial charge on any atom is -0.390 e. The van der Waals surface area contributed by atoms with Crippen molar-refractivity contribution in [2.75, 3.05) is 26.7 Å². The Balaban J connectivity index is 1.80. The van der Waals surface area contributed by atoms with Gasteiger partial charge in [0.25, 0.3) is 0 Å². The second-order valence-corrected chi connectivity index (χ2v) is 7.43. The summed E-state index contributed by atoms with van der Waals surface area (Å²) in [5.41, 5.74) is -0.480. The summed E-state index contributed by atoms with van der Waals surface area (Å²) in [4.78, 5) is 14.3. The number of hydrogen-bond acceptors (Lipinski definition) is 3. The third-order valence-electron chi connectivity index (χ3n) is 5.22. The van der Waals surface area contributed by atoms with E-state index in [0.717, 1.165) is 64.6 Å². The van der Waals surface area contributed by atoms with E-state index in [9.17, 15) is 9.90 Å². The minimum absolute atomic E-state index is 0.0998. The van der Waals surface area contributed by atoms with Gasteiger partial charge < -0.3 is 20.6 Å². The number of nitrogens with one attached hydrogen (secondary N) is 2. The molecule has 1 heterocycles. The molecule has 5 heteroatoms. The van der Waals surface area contributed by atoms with Gasteiger partial charge in [0.15, 0.2) is 0 Å². The van der Waals surface area contributed by atoms with Crippen LogP contribution in [0, 0.1) is 5.92 Å². The van der Waals surface area contributed by atoms with Crippen LogP contribution in [0.15, 0.2) is 0 Å². The molecule has 5 nitrogen and oxygen atoms in total. The van der Waals surface area contributed by atoms with Crippen LogP contribution in [-0.2, 0) is 0 Å². The Hall–Kier alpha value is -0.810. The van der Waals surface area contributed by atoms with Crippen LogP contribution in [0.2, 0.25) is 0 Å². The summed E-state index contributed by atoms with van der Waals surface area (Å²) in [6, 6.07) is 0.287. The number of nitrogens with zero attached hydrogens (tertiary/aromatic N) is 1. The number of hydrogen-bond donors (Lipinski definition) is 3. The zero-order valence-electron chi connectivity index (χ0n) is 14.2. The van der Waals surface area contributed by atoms with Gasteiger partial charge in [-0.3, -0.25) is 0 Å². The van der Waals surface area contributed by atoms with E-state index >= 15 is 0 Å². The van der Waals surface area contributed by atoms with E-state index in [-0.39, 0.29) is 12.1 Å². The number of urea groups is 1. The van der Waals surface area contributed by atoms with Crippen LogP contribution in [-0.4, -0.2) is 54.4 Å². The van der Waals surface area contributed by atoms with Crippen molar-refractivity contribution in [3.05, 3.63) is 0 Å². The first kappa shape index (κ1) is 17.5. The van der Waals surface area contributed by atoms with E-state index in [2.05, 4.69) is 10.6 Å². The molecule has 2 aliphatic rings. The van der Waals surface area contributed by atoms with Gasteiger partial charge >= 0.3 is 6.03 Å². The third kappa shape index (κ3) is 5.43. The molecular formula is C17H33N3O2. The largest absolute Gasteiger partial charge is 0.390 e. The SMILES string of the molecule is CNC[C@H](CC1CCC(C)(O)CC1)NC(=O)N1CCCCC1. The van der Waals surface area contributed by atoms with Crippen molar-refractivity contribution in [2.24, 2.45) is 5.92 Å². The summed E-state index contributed by atoms with van der Waals surface area (Å²) < 4.78 is 0. The number of amides is 2. The molecule has 22 heavy (non-hydrogen) atoms. The highest BCUT2D eigenvalue weighted by Crippen LogP contribution is 2.33.